The minimum absolute atomic E-state index is 0.300. The number of nitrogens with zero attached hydrogens (tertiary/aromatic N) is 3. The van der Waals surface area contributed by atoms with E-state index in [1.54, 1.807) is 12.1 Å². The summed E-state index contributed by atoms with van der Waals surface area (Å²) in [6.07, 6.45) is 0.718. The molecule has 2 aromatic carbocycles. The lowest BCUT2D eigenvalue weighted by Gasteiger charge is -2.14. The van der Waals surface area contributed by atoms with Crippen molar-refractivity contribution in [1.29, 1.82) is 0 Å². The first-order valence-corrected chi connectivity index (χ1v) is 10.4. The highest BCUT2D eigenvalue weighted by atomic mass is 35.5. The topological polar surface area (TPSA) is 74.2 Å². The molecule has 0 amide bonds. The minimum Gasteiger partial charge on any atom is -0.332 e. The van der Waals surface area contributed by atoms with Crippen molar-refractivity contribution < 1.29 is 4.39 Å². The molecule has 31 heavy (non-hydrogen) atoms. The largest absolute Gasteiger partial charge is 0.332 e. The molecule has 0 aliphatic heterocycles. The summed E-state index contributed by atoms with van der Waals surface area (Å²) >= 11 is 11.3. The summed E-state index contributed by atoms with van der Waals surface area (Å²) in [5.74, 6) is 0.501. The van der Waals surface area contributed by atoms with E-state index in [0.29, 0.717) is 34.3 Å². The van der Waals surface area contributed by atoms with Crippen LogP contribution in [0.4, 0.5) is 16.0 Å². The molecule has 0 bridgehead atoms. The number of rotatable bonds is 5. The highest BCUT2D eigenvalue weighted by Crippen LogP contribution is 2.11. The third-order valence-corrected chi connectivity index (χ3v) is 4.59. The molecular weight excluding hydrogens is 435 g/mol. The Bertz CT molecular complexity index is 1050. The van der Waals surface area contributed by atoms with Crippen molar-refractivity contribution in [2.45, 2.75) is 20.3 Å². The van der Waals surface area contributed by atoms with Crippen LogP contribution in [0.15, 0.2) is 59.6 Å². The molecule has 0 aliphatic carbocycles. The first kappa shape index (κ1) is 22.6. The van der Waals surface area contributed by atoms with Crippen LogP contribution in [-0.2, 0) is 6.42 Å². The van der Waals surface area contributed by atoms with Gasteiger partial charge in [-0.3, -0.25) is 10.3 Å². The van der Waals surface area contributed by atoms with E-state index in [0.717, 1.165) is 23.4 Å². The molecule has 0 fully saturated rings. The van der Waals surface area contributed by atoms with E-state index in [4.69, 9.17) is 23.8 Å². The smallest absolute Gasteiger partial charge is 0.229 e. The van der Waals surface area contributed by atoms with Crippen LogP contribution in [-0.4, -0.2) is 27.6 Å². The summed E-state index contributed by atoms with van der Waals surface area (Å²) < 4.78 is 13.1. The molecule has 3 N–H and O–H groups in total. The first-order chi connectivity index (χ1) is 14.9. The van der Waals surface area contributed by atoms with Crippen LogP contribution in [0.3, 0.4) is 0 Å². The fraction of sp³-hybridized carbons (Fsp3) is 0.182. The van der Waals surface area contributed by atoms with Gasteiger partial charge in [-0.25, -0.2) is 14.4 Å². The number of benzene rings is 2. The van der Waals surface area contributed by atoms with E-state index < -0.39 is 0 Å². The molecule has 0 saturated carbocycles. The number of nitrogens with one attached hydrogen (secondary N) is 3. The van der Waals surface area contributed by atoms with Gasteiger partial charge in [0.05, 0.1) is 0 Å². The Kier molecular flexibility index (Phi) is 7.86. The third kappa shape index (κ3) is 7.58. The highest BCUT2D eigenvalue weighted by Gasteiger charge is 2.07. The third-order valence-electron chi connectivity index (χ3n) is 4.13. The Balaban J connectivity index is 1.71. The number of halogens is 2. The monoisotopic (exact) mass is 456 g/mol. The number of hydrogen-bond donors (Lipinski definition) is 3. The predicted molar refractivity (Wildman–Crippen MR) is 128 cm³/mol. The maximum Gasteiger partial charge on any atom is 0.229 e. The molecule has 1 aromatic heterocycles. The molecular formula is C22H22ClFN6S. The number of aryl methyl sites for hydroxylation is 2. The second kappa shape index (κ2) is 10.8. The number of thiocarbonyl (C=S) groups is 1. The normalized spacial score (nSPS) is 11.2. The molecule has 0 aliphatic rings. The van der Waals surface area contributed by atoms with E-state index in [9.17, 15) is 4.39 Å². The van der Waals surface area contributed by atoms with Gasteiger partial charge in [0, 0.05) is 28.6 Å². The van der Waals surface area contributed by atoms with Crippen LogP contribution in [0, 0.1) is 19.7 Å². The van der Waals surface area contributed by atoms with Crippen LogP contribution in [0.2, 0.25) is 5.02 Å². The van der Waals surface area contributed by atoms with E-state index in [-0.39, 0.29) is 5.82 Å². The second-order valence-electron chi connectivity index (χ2n) is 6.79. The number of hydrogen-bond acceptors (Lipinski definition) is 4. The zero-order valence-corrected chi connectivity index (χ0v) is 18.7. The van der Waals surface area contributed by atoms with Gasteiger partial charge in [-0.1, -0.05) is 23.7 Å². The molecule has 6 nitrogen and oxygen atoms in total. The summed E-state index contributed by atoms with van der Waals surface area (Å²) in [4.78, 5) is 13.4. The van der Waals surface area contributed by atoms with Gasteiger partial charge in [-0.2, -0.15) is 0 Å². The lowest BCUT2D eigenvalue weighted by molar-refractivity contribution is 0.628. The van der Waals surface area contributed by atoms with Gasteiger partial charge < -0.3 is 10.6 Å². The Hall–Kier alpha value is -3.10. The summed E-state index contributed by atoms with van der Waals surface area (Å²) in [6.45, 7) is 4.29. The van der Waals surface area contributed by atoms with E-state index in [1.807, 2.05) is 44.2 Å². The molecule has 0 spiro atoms. The van der Waals surface area contributed by atoms with Gasteiger partial charge in [0.15, 0.2) is 5.11 Å². The van der Waals surface area contributed by atoms with Crippen LogP contribution in [0.25, 0.3) is 0 Å². The van der Waals surface area contributed by atoms with Crippen LogP contribution in [0.5, 0.6) is 0 Å². The van der Waals surface area contributed by atoms with Crippen LogP contribution in [0.1, 0.15) is 17.0 Å². The van der Waals surface area contributed by atoms with Crippen LogP contribution < -0.4 is 16.0 Å². The quantitative estimate of drug-likeness (QED) is 0.288. The fourth-order valence-electron chi connectivity index (χ4n) is 2.75. The Labute approximate surface area is 191 Å². The zero-order valence-electron chi connectivity index (χ0n) is 17.1. The molecule has 0 unspecified atom stereocenters. The van der Waals surface area contributed by atoms with Crippen molar-refractivity contribution in [3.05, 3.63) is 82.4 Å². The Morgan fingerprint density at radius 1 is 1.00 bits per heavy atom. The lowest BCUT2D eigenvalue weighted by Crippen LogP contribution is -2.39. The van der Waals surface area contributed by atoms with E-state index >= 15 is 0 Å². The molecule has 3 aromatic rings. The van der Waals surface area contributed by atoms with Gasteiger partial charge in [-0.15, -0.1) is 0 Å². The Morgan fingerprint density at radius 3 is 2.29 bits per heavy atom. The van der Waals surface area contributed by atoms with Crippen molar-refractivity contribution in [1.82, 2.24) is 15.3 Å². The van der Waals surface area contributed by atoms with Crippen molar-refractivity contribution in [2.75, 3.05) is 17.2 Å². The summed E-state index contributed by atoms with van der Waals surface area (Å²) in [5.41, 5.74) is 3.44. The maximum atomic E-state index is 13.1. The molecule has 0 atom stereocenters. The van der Waals surface area contributed by atoms with Crippen molar-refractivity contribution in [3.8, 4) is 0 Å². The molecule has 9 heteroatoms. The van der Waals surface area contributed by atoms with E-state index in [1.165, 1.54) is 12.1 Å². The lowest BCUT2D eigenvalue weighted by atomic mass is 10.1. The Morgan fingerprint density at radius 2 is 1.65 bits per heavy atom. The molecule has 160 valence electrons. The van der Waals surface area contributed by atoms with Gasteiger partial charge in [0.2, 0.25) is 11.9 Å². The number of aliphatic imine (C=N–C) groups is 1. The minimum atomic E-state index is -0.317. The number of aromatic nitrogens is 2. The summed E-state index contributed by atoms with van der Waals surface area (Å²) in [7, 11) is 0. The van der Waals surface area contributed by atoms with Crippen molar-refractivity contribution in [3.63, 3.8) is 0 Å². The standard InChI is InChI=1S/C22H22ClFN6S/c1-14-13-15(2)27-21(26-14)29-20(25-12-11-16-3-5-17(23)6-4-16)30-22(31)28-19-9-7-18(24)8-10-19/h3-10,13H,11-12H2,1-2H3,(H3,25,26,27,28,29,30,31). The van der Waals surface area contributed by atoms with Crippen molar-refractivity contribution >= 4 is 46.5 Å². The van der Waals surface area contributed by atoms with Gasteiger partial charge in [0.25, 0.3) is 0 Å². The van der Waals surface area contributed by atoms with E-state index in [2.05, 4.69) is 30.9 Å². The molecule has 0 radical (unpaired) electrons. The highest BCUT2D eigenvalue weighted by molar-refractivity contribution is 7.80. The van der Waals surface area contributed by atoms with Gasteiger partial charge in [0.1, 0.15) is 5.82 Å². The second-order valence-corrected chi connectivity index (χ2v) is 7.64. The van der Waals surface area contributed by atoms with Crippen LogP contribution >= 0.6 is 23.8 Å². The average molecular weight is 457 g/mol. The maximum absolute atomic E-state index is 13.1. The number of anilines is 2. The summed E-state index contributed by atoms with van der Waals surface area (Å²) in [6, 6.07) is 15.4. The molecule has 0 saturated heterocycles. The summed E-state index contributed by atoms with van der Waals surface area (Å²) in [5, 5.41) is 10.1. The van der Waals surface area contributed by atoms with Gasteiger partial charge >= 0.3 is 0 Å². The predicted octanol–water partition coefficient (Wildman–Crippen LogP) is 4.88. The number of guanidine groups is 1. The molecule has 3 rings (SSSR count). The van der Waals surface area contributed by atoms with Crippen molar-refractivity contribution in [2.24, 2.45) is 4.99 Å². The fourth-order valence-corrected chi connectivity index (χ4v) is 3.09. The molecule has 1 heterocycles. The average Bonchev–Trinajstić information content (AvgIpc) is 2.70. The van der Waals surface area contributed by atoms with Gasteiger partial charge in [-0.05, 0) is 80.5 Å². The first-order valence-electron chi connectivity index (χ1n) is 9.59. The SMILES string of the molecule is Cc1cc(C)nc(NC(=NCCc2ccc(Cl)cc2)NC(=S)Nc2ccc(F)cc2)n1. The zero-order chi connectivity index (χ0) is 22.2.